The Morgan fingerprint density at radius 1 is 0.971 bits per heavy atom. The fraction of sp³-hybridized carbons (Fsp3) is 0.125. The Balaban J connectivity index is 1.22. The minimum absolute atomic E-state index is 0.00884. The molecule has 5 rings (SSSR count). The average molecular weight is 494 g/mol. The van der Waals surface area contributed by atoms with Crippen molar-refractivity contribution in [1.29, 1.82) is 0 Å². The first kappa shape index (κ1) is 22.2. The molecular formula is C24H19N3O5S2. The summed E-state index contributed by atoms with van der Waals surface area (Å²) in [4.78, 5) is 39.0. The van der Waals surface area contributed by atoms with Gasteiger partial charge in [0.2, 0.25) is 5.91 Å². The number of rotatable bonds is 6. The molecule has 8 nitrogen and oxygen atoms in total. The van der Waals surface area contributed by atoms with Gasteiger partial charge in [0.05, 0.1) is 15.5 Å². The number of thioether (sulfide) groups is 1. The molecule has 0 unspecified atom stereocenters. The molecule has 1 N–H and O–H groups in total. The Kier molecular flexibility index (Phi) is 5.62. The number of hydrogen-bond acceptors (Lipinski definition) is 6. The second-order valence-electron chi connectivity index (χ2n) is 7.74. The van der Waals surface area contributed by atoms with E-state index in [9.17, 15) is 22.8 Å². The van der Waals surface area contributed by atoms with E-state index in [1.165, 1.54) is 6.07 Å². The molecule has 0 saturated carbocycles. The Labute approximate surface area is 200 Å². The third-order valence-corrected chi connectivity index (χ3v) is 8.31. The van der Waals surface area contributed by atoms with Crippen molar-refractivity contribution in [1.82, 2.24) is 10.2 Å². The van der Waals surface area contributed by atoms with E-state index in [2.05, 4.69) is 5.32 Å². The molecule has 10 heteroatoms. The zero-order valence-electron chi connectivity index (χ0n) is 17.8. The Bertz CT molecular complexity index is 1460. The molecule has 0 aliphatic carbocycles. The summed E-state index contributed by atoms with van der Waals surface area (Å²) in [6.45, 7) is -0.391. The smallest absolute Gasteiger partial charge is 0.293 e. The highest BCUT2D eigenvalue weighted by molar-refractivity contribution is 8.18. The lowest BCUT2D eigenvalue weighted by Crippen LogP contribution is -2.42. The van der Waals surface area contributed by atoms with Gasteiger partial charge in [-0.2, -0.15) is 0 Å². The summed E-state index contributed by atoms with van der Waals surface area (Å²) >= 11 is 0.850. The molecule has 0 radical (unpaired) electrons. The number of nitrogens with zero attached hydrogens (tertiary/aromatic N) is 2. The van der Waals surface area contributed by atoms with Crippen molar-refractivity contribution < 1.29 is 22.8 Å². The minimum Gasteiger partial charge on any atom is -0.353 e. The maximum absolute atomic E-state index is 13.0. The van der Waals surface area contributed by atoms with Crippen LogP contribution >= 0.6 is 11.8 Å². The van der Waals surface area contributed by atoms with Crippen LogP contribution in [0.2, 0.25) is 0 Å². The molecule has 1 fully saturated rings. The molecule has 0 aromatic heterocycles. The van der Waals surface area contributed by atoms with E-state index in [1.807, 2.05) is 42.5 Å². The van der Waals surface area contributed by atoms with Gasteiger partial charge in [0.25, 0.3) is 21.2 Å². The van der Waals surface area contributed by atoms with Crippen LogP contribution in [0.4, 0.5) is 10.5 Å². The van der Waals surface area contributed by atoms with Crippen LogP contribution in [0, 0.1) is 0 Å². The molecule has 0 bridgehead atoms. The largest absolute Gasteiger partial charge is 0.353 e. The monoisotopic (exact) mass is 493 g/mol. The highest BCUT2D eigenvalue weighted by Crippen LogP contribution is 2.41. The number of sulfonamides is 1. The minimum atomic E-state index is -3.85. The van der Waals surface area contributed by atoms with Crippen LogP contribution in [0.15, 0.2) is 76.5 Å². The van der Waals surface area contributed by atoms with E-state index >= 15 is 0 Å². The first-order chi connectivity index (χ1) is 16.4. The molecular weight excluding hydrogens is 474 g/mol. The summed E-state index contributed by atoms with van der Waals surface area (Å²) in [6.07, 6.45) is 1.65. The topological polar surface area (TPSA) is 104 Å². The van der Waals surface area contributed by atoms with Gasteiger partial charge in [0.1, 0.15) is 6.54 Å². The number of imide groups is 1. The van der Waals surface area contributed by atoms with Crippen molar-refractivity contribution in [3.63, 3.8) is 0 Å². The number of hydrogen-bond donors (Lipinski definition) is 1. The quantitative estimate of drug-likeness (QED) is 0.529. The van der Waals surface area contributed by atoms with Crippen LogP contribution in [0.5, 0.6) is 0 Å². The Morgan fingerprint density at radius 3 is 2.47 bits per heavy atom. The third-order valence-electron chi connectivity index (χ3n) is 5.60. The molecule has 3 aromatic rings. The second-order valence-corrected chi connectivity index (χ2v) is 10.6. The standard InChI is InChI=1S/C24H19N3O5S2/c28-21(15-27-18-10-4-8-17-9-5-11-20(22(17)18)34(27,31)32)25-12-13-26-23(29)19(33-24(26)30)14-16-6-2-1-3-7-16/h1-11,14H,12-13,15H2,(H,25,28)/b19-14-. The molecule has 1 saturated heterocycles. The first-order valence-electron chi connectivity index (χ1n) is 10.5. The molecule has 172 valence electrons. The molecule has 2 heterocycles. The Morgan fingerprint density at radius 2 is 1.71 bits per heavy atom. The van der Waals surface area contributed by atoms with Crippen LogP contribution in [-0.4, -0.2) is 50.0 Å². The Hall–Kier alpha value is -3.63. The number of amides is 3. The van der Waals surface area contributed by atoms with Crippen molar-refractivity contribution in [2.24, 2.45) is 0 Å². The highest BCUT2D eigenvalue weighted by Gasteiger charge is 2.37. The molecule has 3 amide bonds. The second kappa shape index (κ2) is 8.62. The lowest BCUT2D eigenvalue weighted by Gasteiger charge is -2.19. The molecule has 3 aromatic carbocycles. The van der Waals surface area contributed by atoms with Gasteiger partial charge in [0, 0.05) is 18.5 Å². The van der Waals surface area contributed by atoms with Crippen molar-refractivity contribution in [2.75, 3.05) is 23.9 Å². The van der Waals surface area contributed by atoms with Crippen LogP contribution in [0.25, 0.3) is 16.8 Å². The number of anilines is 1. The van der Waals surface area contributed by atoms with Crippen LogP contribution in [0.3, 0.4) is 0 Å². The van der Waals surface area contributed by atoms with Crippen molar-refractivity contribution in [3.8, 4) is 0 Å². The maximum Gasteiger partial charge on any atom is 0.293 e. The van der Waals surface area contributed by atoms with Crippen molar-refractivity contribution in [3.05, 3.63) is 77.2 Å². The summed E-state index contributed by atoms with van der Waals surface area (Å²) in [5, 5.41) is 3.59. The number of carbonyl (C=O) groups excluding carboxylic acids is 3. The van der Waals surface area contributed by atoms with Gasteiger partial charge >= 0.3 is 0 Å². The predicted octanol–water partition coefficient (Wildman–Crippen LogP) is 3.20. The average Bonchev–Trinajstić information content (AvgIpc) is 3.21. The highest BCUT2D eigenvalue weighted by atomic mass is 32.2. The zero-order valence-corrected chi connectivity index (χ0v) is 19.4. The van der Waals surface area contributed by atoms with E-state index in [1.54, 1.807) is 24.3 Å². The van der Waals surface area contributed by atoms with E-state index in [0.29, 0.717) is 16.0 Å². The summed E-state index contributed by atoms with van der Waals surface area (Å²) in [5.41, 5.74) is 1.27. The molecule has 0 spiro atoms. The number of nitrogens with one attached hydrogen (secondary N) is 1. The van der Waals surface area contributed by atoms with Gasteiger partial charge in [-0.05, 0) is 40.9 Å². The predicted molar refractivity (Wildman–Crippen MR) is 131 cm³/mol. The van der Waals surface area contributed by atoms with Crippen LogP contribution in [-0.2, 0) is 19.6 Å². The fourth-order valence-corrected chi connectivity index (χ4v) is 6.55. The maximum atomic E-state index is 13.0. The van der Waals surface area contributed by atoms with E-state index in [0.717, 1.165) is 31.9 Å². The molecule has 2 aliphatic rings. The summed E-state index contributed by atoms with van der Waals surface area (Å²) < 4.78 is 27.1. The summed E-state index contributed by atoms with van der Waals surface area (Å²) in [5.74, 6) is -0.947. The van der Waals surface area contributed by atoms with Crippen LogP contribution < -0.4 is 9.62 Å². The lowest BCUT2D eigenvalue weighted by atomic mass is 10.1. The summed E-state index contributed by atoms with van der Waals surface area (Å²) in [6, 6.07) is 19.5. The SMILES string of the molecule is O=C(CN1c2cccc3cccc(c23)S1(=O)=O)NCCN1C(=O)S/C(=C\c2ccccc2)C1=O. The molecule has 34 heavy (non-hydrogen) atoms. The third kappa shape index (κ3) is 3.84. The van der Waals surface area contributed by atoms with Gasteiger partial charge in [-0.25, -0.2) is 8.42 Å². The zero-order chi connectivity index (χ0) is 23.9. The first-order valence-corrected chi connectivity index (χ1v) is 12.7. The lowest BCUT2D eigenvalue weighted by molar-refractivity contribution is -0.123. The number of carbonyl (C=O) groups is 3. The van der Waals surface area contributed by atoms with Gasteiger partial charge in [0.15, 0.2) is 0 Å². The van der Waals surface area contributed by atoms with Crippen LogP contribution in [0.1, 0.15) is 5.56 Å². The number of benzene rings is 3. The normalized spacial score (nSPS) is 17.7. The molecule has 2 aliphatic heterocycles. The van der Waals surface area contributed by atoms with Gasteiger partial charge < -0.3 is 5.32 Å². The van der Waals surface area contributed by atoms with Crippen molar-refractivity contribution in [2.45, 2.75) is 4.90 Å². The molecule has 0 atom stereocenters. The van der Waals surface area contributed by atoms with Gasteiger partial charge in [-0.1, -0.05) is 54.6 Å². The van der Waals surface area contributed by atoms with E-state index < -0.39 is 33.6 Å². The summed E-state index contributed by atoms with van der Waals surface area (Å²) in [7, 11) is -3.85. The fourth-order valence-electron chi connectivity index (χ4n) is 4.02. The van der Waals surface area contributed by atoms with E-state index in [-0.39, 0.29) is 18.0 Å². The van der Waals surface area contributed by atoms with E-state index in [4.69, 9.17) is 0 Å². The van der Waals surface area contributed by atoms with Gasteiger partial charge in [-0.15, -0.1) is 0 Å². The van der Waals surface area contributed by atoms with Gasteiger partial charge in [-0.3, -0.25) is 23.6 Å². The van der Waals surface area contributed by atoms with Crippen molar-refractivity contribution >= 4 is 61.4 Å².